The van der Waals surface area contributed by atoms with E-state index in [4.69, 9.17) is 9.47 Å². The van der Waals surface area contributed by atoms with Crippen LogP contribution in [0.15, 0.2) is 4.99 Å². The van der Waals surface area contributed by atoms with Gasteiger partial charge in [0, 0.05) is 45.6 Å². The van der Waals surface area contributed by atoms with Gasteiger partial charge in [-0.1, -0.05) is 0 Å². The van der Waals surface area contributed by atoms with Crippen LogP contribution >= 0.6 is 24.0 Å². The van der Waals surface area contributed by atoms with Gasteiger partial charge < -0.3 is 24.4 Å². The largest absolute Gasteiger partial charge is 0.469 e. The lowest BCUT2D eigenvalue weighted by molar-refractivity contribution is -0.140. The predicted octanol–water partition coefficient (Wildman–Crippen LogP) is 1.90. The molecule has 0 aromatic carbocycles. The van der Waals surface area contributed by atoms with Crippen molar-refractivity contribution in [3.63, 3.8) is 0 Å². The highest BCUT2D eigenvalue weighted by molar-refractivity contribution is 14.0. The van der Waals surface area contributed by atoms with E-state index in [2.05, 4.69) is 26.9 Å². The van der Waals surface area contributed by atoms with Crippen molar-refractivity contribution >= 4 is 35.9 Å². The molecule has 1 heterocycles. The fraction of sp³-hybridized carbons (Fsp3) is 0.882. The number of unbranched alkanes of at least 4 members (excludes halogenated alkanes) is 1. The van der Waals surface area contributed by atoms with Crippen LogP contribution in [0.3, 0.4) is 0 Å². The normalized spacial score (nSPS) is 17.3. The third-order valence-electron chi connectivity index (χ3n) is 3.98. The Kier molecular flexibility index (Phi) is 15.2. The molecule has 1 aliphatic heterocycles. The number of ether oxygens (including phenoxy) is 3. The molecule has 0 amide bonds. The molecule has 25 heavy (non-hydrogen) atoms. The summed E-state index contributed by atoms with van der Waals surface area (Å²) in [5, 5.41) is 3.36. The smallest absolute Gasteiger partial charge is 0.305 e. The van der Waals surface area contributed by atoms with Crippen molar-refractivity contribution in [2.24, 2.45) is 10.9 Å². The van der Waals surface area contributed by atoms with E-state index in [9.17, 15) is 4.79 Å². The van der Waals surface area contributed by atoms with Gasteiger partial charge in [0.05, 0.1) is 26.9 Å². The Morgan fingerprint density at radius 1 is 1.28 bits per heavy atom. The van der Waals surface area contributed by atoms with E-state index in [1.165, 1.54) is 7.11 Å². The molecule has 0 aromatic rings. The van der Waals surface area contributed by atoms with Crippen LogP contribution in [0.25, 0.3) is 0 Å². The first-order valence-corrected chi connectivity index (χ1v) is 8.88. The van der Waals surface area contributed by atoms with Crippen molar-refractivity contribution in [1.29, 1.82) is 0 Å². The van der Waals surface area contributed by atoms with Crippen LogP contribution in [-0.2, 0) is 19.0 Å². The number of methoxy groups -OCH3 is 2. The van der Waals surface area contributed by atoms with Crippen molar-refractivity contribution in [3.8, 4) is 0 Å². The Bertz CT molecular complexity index is 383. The van der Waals surface area contributed by atoms with Crippen LogP contribution in [0.4, 0.5) is 0 Å². The van der Waals surface area contributed by atoms with E-state index in [-0.39, 0.29) is 29.9 Å². The van der Waals surface area contributed by atoms with E-state index in [1.807, 2.05) is 0 Å². The summed E-state index contributed by atoms with van der Waals surface area (Å²) in [5.41, 5.74) is 0. The minimum Gasteiger partial charge on any atom is -0.469 e. The van der Waals surface area contributed by atoms with Gasteiger partial charge in [-0.2, -0.15) is 0 Å². The summed E-state index contributed by atoms with van der Waals surface area (Å²) in [4.78, 5) is 18.1. The van der Waals surface area contributed by atoms with Crippen molar-refractivity contribution in [3.05, 3.63) is 0 Å². The fourth-order valence-electron chi connectivity index (χ4n) is 2.65. The highest BCUT2D eigenvalue weighted by atomic mass is 127. The zero-order valence-corrected chi connectivity index (χ0v) is 18.1. The maximum absolute atomic E-state index is 11.1. The second-order valence-corrected chi connectivity index (χ2v) is 5.94. The maximum atomic E-state index is 11.1. The highest BCUT2D eigenvalue weighted by Crippen LogP contribution is 2.16. The van der Waals surface area contributed by atoms with Gasteiger partial charge in [0.1, 0.15) is 0 Å². The van der Waals surface area contributed by atoms with Crippen molar-refractivity contribution in [2.75, 3.05) is 60.2 Å². The molecule has 0 spiro atoms. The third-order valence-corrected chi connectivity index (χ3v) is 3.98. The van der Waals surface area contributed by atoms with Crippen LogP contribution in [0.1, 0.15) is 32.6 Å². The van der Waals surface area contributed by atoms with Gasteiger partial charge in [-0.05, 0) is 26.2 Å². The number of hydrogen-bond donors (Lipinski definition) is 1. The number of esters is 1. The summed E-state index contributed by atoms with van der Waals surface area (Å²) in [6.07, 6.45) is 3.29. The number of aliphatic imine (C=N–C) groups is 1. The summed E-state index contributed by atoms with van der Waals surface area (Å²) in [7, 11) is 3.11. The molecule has 8 heteroatoms. The third kappa shape index (κ3) is 10.9. The molecule has 1 saturated heterocycles. The van der Waals surface area contributed by atoms with Gasteiger partial charge in [0.15, 0.2) is 5.96 Å². The minimum absolute atomic E-state index is 0. The van der Waals surface area contributed by atoms with Crippen LogP contribution in [0, 0.1) is 5.92 Å². The molecule has 1 fully saturated rings. The summed E-state index contributed by atoms with van der Waals surface area (Å²) < 4.78 is 15.3. The Hall–Kier alpha value is -0.610. The first-order chi connectivity index (χ1) is 11.7. The molecule has 0 bridgehead atoms. The first kappa shape index (κ1) is 24.4. The van der Waals surface area contributed by atoms with Crippen molar-refractivity contribution in [2.45, 2.75) is 32.6 Å². The molecular formula is C17H34IN3O4. The van der Waals surface area contributed by atoms with Gasteiger partial charge in [-0.3, -0.25) is 9.79 Å². The second-order valence-electron chi connectivity index (χ2n) is 5.94. The van der Waals surface area contributed by atoms with Crippen LogP contribution < -0.4 is 5.32 Å². The van der Waals surface area contributed by atoms with E-state index in [0.717, 1.165) is 58.0 Å². The van der Waals surface area contributed by atoms with Gasteiger partial charge in [0.2, 0.25) is 0 Å². The van der Waals surface area contributed by atoms with Gasteiger partial charge in [0.25, 0.3) is 0 Å². The number of guanidine groups is 1. The second kappa shape index (κ2) is 15.6. The number of halogens is 1. The number of hydrogen-bond acceptors (Lipinski definition) is 5. The number of carbonyl (C=O) groups excluding carboxylic acids is 1. The molecule has 0 aliphatic carbocycles. The molecular weight excluding hydrogens is 437 g/mol. The SMILES string of the molecule is CCNC(=NCCCCC(=O)OC)N1CCC(COCCOC)C1.I. The lowest BCUT2D eigenvalue weighted by Crippen LogP contribution is -2.40. The number of nitrogens with one attached hydrogen (secondary N) is 1. The van der Waals surface area contributed by atoms with Gasteiger partial charge >= 0.3 is 5.97 Å². The van der Waals surface area contributed by atoms with E-state index >= 15 is 0 Å². The monoisotopic (exact) mass is 471 g/mol. The number of likely N-dealkylation sites (tertiary alicyclic amines) is 1. The average Bonchev–Trinajstić information content (AvgIpc) is 3.06. The molecule has 1 aliphatic rings. The molecule has 1 atom stereocenters. The quantitative estimate of drug-likeness (QED) is 0.163. The molecule has 1 N–H and O–H groups in total. The Morgan fingerprint density at radius 2 is 2.08 bits per heavy atom. The van der Waals surface area contributed by atoms with Crippen molar-refractivity contribution in [1.82, 2.24) is 10.2 Å². The topological polar surface area (TPSA) is 72.4 Å². The van der Waals surface area contributed by atoms with Crippen LogP contribution in [0.5, 0.6) is 0 Å². The van der Waals surface area contributed by atoms with E-state index in [0.29, 0.717) is 25.6 Å². The maximum Gasteiger partial charge on any atom is 0.305 e. The molecule has 7 nitrogen and oxygen atoms in total. The van der Waals surface area contributed by atoms with Crippen molar-refractivity contribution < 1.29 is 19.0 Å². The zero-order chi connectivity index (χ0) is 17.6. The molecule has 0 saturated carbocycles. The lowest BCUT2D eigenvalue weighted by atomic mass is 10.1. The number of rotatable bonds is 11. The fourth-order valence-corrected chi connectivity index (χ4v) is 2.65. The number of nitrogens with zero attached hydrogens (tertiary/aromatic N) is 2. The average molecular weight is 471 g/mol. The standard InChI is InChI=1S/C17H33N3O4.HI/c1-4-18-17(19-9-6-5-7-16(21)23-3)20-10-8-15(13-20)14-24-12-11-22-2;/h15H,4-14H2,1-3H3,(H,18,19);1H. The Labute approximate surface area is 168 Å². The summed E-state index contributed by atoms with van der Waals surface area (Å²) >= 11 is 0. The highest BCUT2D eigenvalue weighted by Gasteiger charge is 2.24. The Morgan fingerprint density at radius 3 is 2.76 bits per heavy atom. The molecule has 148 valence electrons. The minimum atomic E-state index is -0.151. The number of carbonyl (C=O) groups is 1. The molecule has 1 unspecified atom stereocenters. The zero-order valence-electron chi connectivity index (χ0n) is 15.8. The summed E-state index contributed by atoms with van der Waals surface area (Å²) in [5.74, 6) is 1.36. The molecule has 0 aromatic heterocycles. The van der Waals surface area contributed by atoms with Gasteiger partial charge in [-0.25, -0.2) is 0 Å². The first-order valence-electron chi connectivity index (χ1n) is 8.88. The predicted molar refractivity (Wildman–Crippen MR) is 110 cm³/mol. The summed E-state index contributed by atoms with van der Waals surface area (Å²) in [6.45, 7) is 7.71. The molecule has 0 radical (unpaired) electrons. The van der Waals surface area contributed by atoms with Crippen LogP contribution in [-0.4, -0.2) is 77.0 Å². The van der Waals surface area contributed by atoms with Gasteiger partial charge in [-0.15, -0.1) is 24.0 Å². The van der Waals surface area contributed by atoms with E-state index < -0.39 is 0 Å². The molecule has 1 rings (SSSR count). The van der Waals surface area contributed by atoms with E-state index in [1.54, 1.807) is 7.11 Å². The lowest BCUT2D eigenvalue weighted by Gasteiger charge is -2.21. The van der Waals surface area contributed by atoms with Crippen LogP contribution in [0.2, 0.25) is 0 Å². The Balaban J connectivity index is 0.00000576. The summed E-state index contributed by atoms with van der Waals surface area (Å²) in [6, 6.07) is 0.